The van der Waals surface area contributed by atoms with Gasteiger partial charge in [0.25, 0.3) is 0 Å². The Kier molecular flexibility index (Phi) is 3.75. The minimum absolute atomic E-state index is 0.566. The van der Waals surface area contributed by atoms with E-state index >= 15 is 0 Å². The summed E-state index contributed by atoms with van der Waals surface area (Å²) in [6, 6.07) is 0. The Hall–Kier alpha value is -1.04. The third-order valence-electron chi connectivity index (χ3n) is 1.64. The number of rotatable bonds is 4. The standard InChI is InChI=1S/C8H12N2O3/c1-12-8(13-2)7(11)6-3-9-5-10-4-6/h3-5,7-8,11H,1-2H3. The van der Waals surface area contributed by atoms with E-state index in [1.807, 2.05) is 0 Å². The molecule has 0 aliphatic heterocycles. The van der Waals surface area contributed by atoms with Crippen LogP contribution in [-0.2, 0) is 9.47 Å². The van der Waals surface area contributed by atoms with Crippen molar-refractivity contribution in [2.45, 2.75) is 12.4 Å². The molecule has 0 saturated heterocycles. The van der Waals surface area contributed by atoms with Crippen LogP contribution in [0.25, 0.3) is 0 Å². The Labute approximate surface area is 76.4 Å². The molecule has 5 heteroatoms. The number of methoxy groups -OCH3 is 2. The SMILES string of the molecule is COC(OC)C(O)c1cncnc1. The van der Waals surface area contributed by atoms with Crippen molar-refractivity contribution in [3.8, 4) is 0 Å². The lowest BCUT2D eigenvalue weighted by Gasteiger charge is -2.19. The number of hydrogen-bond acceptors (Lipinski definition) is 5. The van der Waals surface area contributed by atoms with Crippen molar-refractivity contribution < 1.29 is 14.6 Å². The Morgan fingerprint density at radius 1 is 1.23 bits per heavy atom. The zero-order valence-electron chi connectivity index (χ0n) is 7.54. The molecule has 1 aromatic heterocycles. The number of aliphatic hydroxyl groups excluding tert-OH is 1. The molecule has 0 aliphatic carbocycles. The van der Waals surface area contributed by atoms with Crippen LogP contribution in [0.1, 0.15) is 11.7 Å². The van der Waals surface area contributed by atoms with Crippen molar-refractivity contribution in [3.63, 3.8) is 0 Å². The van der Waals surface area contributed by atoms with Gasteiger partial charge in [-0.15, -0.1) is 0 Å². The van der Waals surface area contributed by atoms with E-state index in [1.54, 1.807) is 0 Å². The fourth-order valence-corrected chi connectivity index (χ4v) is 0.975. The zero-order valence-corrected chi connectivity index (χ0v) is 7.54. The van der Waals surface area contributed by atoms with E-state index in [9.17, 15) is 5.11 Å². The van der Waals surface area contributed by atoms with Gasteiger partial charge < -0.3 is 14.6 Å². The van der Waals surface area contributed by atoms with Gasteiger partial charge in [-0.3, -0.25) is 0 Å². The third-order valence-corrected chi connectivity index (χ3v) is 1.64. The van der Waals surface area contributed by atoms with Crippen LogP contribution >= 0.6 is 0 Å². The largest absolute Gasteiger partial charge is 0.383 e. The van der Waals surface area contributed by atoms with Gasteiger partial charge in [-0.2, -0.15) is 0 Å². The maximum Gasteiger partial charge on any atom is 0.187 e. The van der Waals surface area contributed by atoms with E-state index in [0.29, 0.717) is 5.56 Å². The van der Waals surface area contributed by atoms with Gasteiger partial charge in [-0.25, -0.2) is 9.97 Å². The van der Waals surface area contributed by atoms with Gasteiger partial charge in [-0.05, 0) is 0 Å². The van der Waals surface area contributed by atoms with E-state index in [2.05, 4.69) is 9.97 Å². The molecule has 72 valence electrons. The van der Waals surface area contributed by atoms with Gasteiger partial charge in [-0.1, -0.05) is 0 Å². The second-order valence-corrected chi connectivity index (χ2v) is 2.46. The highest BCUT2D eigenvalue weighted by atomic mass is 16.7. The molecule has 0 bridgehead atoms. The van der Waals surface area contributed by atoms with Gasteiger partial charge in [0.05, 0.1) is 0 Å². The molecule has 5 nitrogen and oxygen atoms in total. The van der Waals surface area contributed by atoms with E-state index in [1.165, 1.54) is 32.9 Å². The second-order valence-electron chi connectivity index (χ2n) is 2.46. The van der Waals surface area contributed by atoms with Crippen LogP contribution in [-0.4, -0.2) is 35.6 Å². The summed E-state index contributed by atoms with van der Waals surface area (Å²) >= 11 is 0. The summed E-state index contributed by atoms with van der Waals surface area (Å²) in [5.41, 5.74) is 0.566. The predicted molar refractivity (Wildman–Crippen MR) is 44.8 cm³/mol. The molecular weight excluding hydrogens is 172 g/mol. The molecule has 1 heterocycles. The normalized spacial score (nSPS) is 13.2. The topological polar surface area (TPSA) is 64.5 Å². The summed E-state index contributed by atoms with van der Waals surface area (Å²) in [5, 5.41) is 9.65. The minimum atomic E-state index is -0.865. The first-order chi connectivity index (χ1) is 6.29. The first-order valence-electron chi connectivity index (χ1n) is 3.78. The maximum atomic E-state index is 9.65. The van der Waals surface area contributed by atoms with E-state index in [-0.39, 0.29) is 0 Å². The van der Waals surface area contributed by atoms with Crippen molar-refractivity contribution in [1.29, 1.82) is 0 Å². The Balaban J connectivity index is 2.72. The Morgan fingerprint density at radius 2 is 1.77 bits per heavy atom. The average Bonchev–Trinajstić information content (AvgIpc) is 2.21. The maximum absolute atomic E-state index is 9.65. The number of aromatic nitrogens is 2. The molecule has 1 aromatic rings. The molecule has 0 radical (unpaired) electrons. The first-order valence-corrected chi connectivity index (χ1v) is 3.78. The zero-order chi connectivity index (χ0) is 9.68. The molecule has 0 saturated carbocycles. The number of nitrogens with zero attached hydrogens (tertiary/aromatic N) is 2. The van der Waals surface area contributed by atoms with Crippen LogP contribution in [0.2, 0.25) is 0 Å². The van der Waals surface area contributed by atoms with Crippen LogP contribution < -0.4 is 0 Å². The summed E-state index contributed by atoms with van der Waals surface area (Å²) in [7, 11) is 2.92. The molecule has 13 heavy (non-hydrogen) atoms. The summed E-state index contributed by atoms with van der Waals surface area (Å²) in [5.74, 6) is 0. The van der Waals surface area contributed by atoms with Crippen LogP contribution in [0.3, 0.4) is 0 Å². The summed E-state index contributed by atoms with van der Waals surface area (Å²) in [4.78, 5) is 7.55. The molecule has 0 amide bonds. The lowest BCUT2D eigenvalue weighted by atomic mass is 10.2. The van der Waals surface area contributed by atoms with Crippen LogP contribution in [0, 0.1) is 0 Å². The van der Waals surface area contributed by atoms with E-state index in [4.69, 9.17) is 9.47 Å². The molecule has 0 fully saturated rings. The molecule has 0 aromatic carbocycles. The van der Waals surface area contributed by atoms with Gasteiger partial charge >= 0.3 is 0 Å². The average molecular weight is 184 g/mol. The van der Waals surface area contributed by atoms with Gasteiger partial charge in [0.2, 0.25) is 0 Å². The fourth-order valence-electron chi connectivity index (χ4n) is 0.975. The van der Waals surface area contributed by atoms with Crippen LogP contribution in [0.5, 0.6) is 0 Å². The number of ether oxygens (including phenoxy) is 2. The molecule has 1 N–H and O–H groups in total. The summed E-state index contributed by atoms with van der Waals surface area (Å²) < 4.78 is 9.78. The van der Waals surface area contributed by atoms with Gasteiger partial charge in [0.15, 0.2) is 6.29 Å². The van der Waals surface area contributed by atoms with Crippen molar-refractivity contribution in [2.75, 3.05) is 14.2 Å². The number of hydrogen-bond donors (Lipinski definition) is 1. The smallest absolute Gasteiger partial charge is 0.187 e. The van der Waals surface area contributed by atoms with Crippen molar-refractivity contribution in [3.05, 3.63) is 24.3 Å². The summed E-state index contributed by atoms with van der Waals surface area (Å²) in [6.07, 6.45) is 2.87. The molecular formula is C8H12N2O3. The minimum Gasteiger partial charge on any atom is -0.383 e. The lowest BCUT2D eigenvalue weighted by Crippen LogP contribution is -2.22. The molecule has 0 spiro atoms. The van der Waals surface area contributed by atoms with Crippen LogP contribution in [0.4, 0.5) is 0 Å². The third kappa shape index (κ3) is 2.45. The van der Waals surface area contributed by atoms with Gasteiger partial charge in [0, 0.05) is 32.2 Å². The quantitative estimate of drug-likeness (QED) is 0.674. The van der Waals surface area contributed by atoms with E-state index < -0.39 is 12.4 Å². The molecule has 1 rings (SSSR count). The lowest BCUT2D eigenvalue weighted by molar-refractivity contribution is -0.166. The highest BCUT2D eigenvalue weighted by Crippen LogP contribution is 2.16. The highest BCUT2D eigenvalue weighted by molar-refractivity contribution is 5.07. The fraction of sp³-hybridized carbons (Fsp3) is 0.500. The van der Waals surface area contributed by atoms with Crippen molar-refractivity contribution in [1.82, 2.24) is 9.97 Å². The van der Waals surface area contributed by atoms with E-state index in [0.717, 1.165) is 0 Å². The highest BCUT2D eigenvalue weighted by Gasteiger charge is 2.19. The molecule has 1 atom stereocenters. The molecule has 0 aliphatic rings. The predicted octanol–water partition coefficient (Wildman–Crippen LogP) is 0.129. The first kappa shape index (κ1) is 10.0. The second kappa shape index (κ2) is 4.86. The molecule has 1 unspecified atom stereocenters. The Bertz CT molecular complexity index is 238. The van der Waals surface area contributed by atoms with Crippen LogP contribution in [0.15, 0.2) is 18.7 Å². The monoisotopic (exact) mass is 184 g/mol. The van der Waals surface area contributed by atoms with Crippen molar-refractivity contribution in [2.24, 2.45) is 0 Å². The number of aliphatic hydroxyl groups is 1. The Morgan fingerprint density at radius 3 is 2.23 bits per heavy atom. The summed E-state index contributed by atoms with van der Waals surface area (Å²) in [6.45, 7) is 0. The van der Waals surface area contributed by atoms with Gasteiger partial charge in [0.1, 0.15) is 12.4 Å². The van der Waals surface area contributed by atoms with Crippen molar-refractivity contribution >= 4 is 0 Å².